The van der Waals surface area contributed by atoms with Crippen molar-refractivity contribution in [2.75, 3.05) is 0 Å². The highest BCUT2D eigenvalue weighted by molar-refractivity contribution is 5.70. The SMILES string of the molecule is C=CC1c2ccccc2-c2cccc(=O)n21. The van der Waals surface area contributed by atoms with Crippen molar-refractivity contribution >= 4 is 0 Å². The van der Waals surface area contributed by atoms with E-state index >= 15 is 0 Å². The fourth-order valence-corrected chi connectivity index (χ4v) is 2.37. The first kappa shape index (κ1) is 9.16. The molecular weight excluding hydrogens is 198 g/mol. The maximum Gasteiger partial charge on any atom is 0.251 e. The lowest BCUT2D eigenvalue weighted by molar-refractivity contribution is 0.710. The summed E-state index contributed by atoms with van der Waals surface area (Å²) in [4.78, 5) is 11.9. The van der Waals surface area contributed by atoms with Crippen LogP contribution in [0.5, 0.6) is 0 Å². The average molecular weight is 209 g/mol. The van der Waals surface area contributed by atoms with Crippen LogP contribution in [0.3, 0.4) is 0 Å². The summed E-state index contributed by atoms with van der Waals surface area (Å²) in [6.45, 7) is 3.82. The van der Waals surface area contributed by atoms with E-state index in [1.165, 1.54) is 0 Å². The molecular formula is C14H11NO. The van der Waals surface area contributed by atoms with Crippen LogP contribution in [0.1, 0.15) is 11.6 Å². The molecule has 2 heteroatoms. The van der Waals surface area contributed by atoms with E-state index in [-0.39, 0.29) is 11.6 Å². The number of fused-ring (bicyclic) bond motifs is 3. The van der Waals surface area contributed by atoms with E-state index in [0.717, 1.165) is 16.8 Å². The Morgan fingerprint density at radius 2 is 1.94 bits per heavy atom. The third-order valence-electron chi connectivity index (χ3n) is 3.05. The summed E-state index contributed by atoms with van der Waals surface area (Å²) in [6, 6.07) is 13.4. The molecule has 0 spiro atoms. The minimum atomic E-state index is -0.0279. The normalized spacial score (nSPS) is 16.6. The van der Waals surface area contributed by atoms with Crippen LogP contribution in [-0.2, 0) is 0 Å². The first-order chi connectivity index (χ1) is 7.83. The molecule has 0 N–H and O–H groups in total. The molecule has 0 amide bonds. The van der Waals surface area contributed by atoms with Crippen molar-refractivity contribution in [2.24, 2.45) is 0 Å². The van der Waals surface area contributed by atoms with Gasteiger partial charge in [-0.15, -0.1) is 6.58 Å². The second kappa shape index (κ2) is 3.20. The van der Waals surface area contributed by atoms with Crippen molar-refractivity contribution in [1.29, 1.82) is 0 Å². The molecule has 0 aliphatic carbocycles. The van der Waals surface area contributed by atoms with Crippen LogP contribution in [0, 0.1) is 0 Å². The third kappa shape index (κ3) is 1.04. The van der Waals surface area contributed by atoms with Gasteiger partial charge in [0.1, 0.15) is 0 Å². The molecule has 2 nitrogen and oxygen atoms in total. The summed E-state index contributed by atoms with van der Waals surface area (Å²) in [5, 5.41) is 0. The average Bonchev–Trinajstić information content (AvgIpc) is 2.65. The lowest BCUT2D eigenvalue weighted by Gasteiger charge is -2.09. The monoisotopic (exact) mass is 209 g/mol. The van der Waals surface area contributed by atoms with Gasteiger partial charge in [-0.2, -0.15) is 0 Å². The number of benzene rings is 1. The van der Waals surface area contributed by atoms with Gasteiger partial charge in [0.05, 0.1) is 11.7 Å². The fourth-order valence-electron chi connectivity index (χ4n) is 2.37. The van der Waals surface area contributed by atoms with Crippen molar-refractivity contribution < 1.29 is 0 Å². The molecule has 3 rings (SSSR count). The highest BCUT2D eigenvalue weighted by Crippen LogP contribution is 2.37. The standard InChI is InChI=1S/C14H11NO/c1-2-12-10-6-3-4-7-11(10)13-8-5-9-14(16)15(12)13/h2-9,12H,1H2. The highest BCUT2D eigenvalue weighted by Gasteiger charge is 2.25. The third-order valence-corrected chi connectivity index (χ3v) is 3.05. The van der Waals surface area contributed by atoms with E-state index in [1.54, 1.807) is 16.7 Å². The molecule has 1 atom stereocenters. The Morgan fingerprint density at radius 1 is 1.12 bits per heavy atom. The lowest BCUT2D eigenvalue weighted by atomic mass is 10.0. The molecule has 1 unspecified atom stereocenters. The van der Waals surface area contributed by atoms with Crippen LogP contribution in [0.15, 0.2) is 59.9 Å². The Morgan fingerprint density at radius 3 is 2.75 bits per heavy atom. The molecule has 0 saturated carbocycles. The van der Waals surface area contributed by atoms with Gasteiger partial charge in [0.2, 0.25) is 0 Å². The molecule has 1 aliphatic rings. The van der Waals surface area contributed by atoms with Crippen molar-refractivity contribution in [1.82, 2.24) is 4.57 Å². The largest absolute Gasteiger partial charge is 0.297 e. The van der Waals surface area contributed by atoms with Crippen LogP contribution < -0.4 is 5.56 Å². The summed E-state index contributed by atoms with van der Waals surface area (Å²) < 4.78 is 1.79. The minimum Gasteiger partial charge on any atom is -0.297 e. The Hall–Kier alpha value is -2.09. The van der Waals surface area contributed by atoms with Crippen molar-refractivity contribution in [2.45, 2.75) is 6.04 Å². The van der Waals surface area contributed by atoms with Crippen LogP contribution in [-0.4, -0.2) is 4.57 Å². The van der Waals surface area contributed by atoms with Crippen LogP contribution in [0.4, 0.5) is 0 Å². The van der Waals surface area contributed by atoms with Gasteiger partial charge < -0.3 is 0 Å². The van der Waals surface area contributed by atoms with Crippen LogP contribution >= 0.6 is 0 Å². The van der Waals surface area contributed by atoms with Crippen LogP contribution in [0.25, 0.3) is 11.3 Å². The lowest BCUT2D eigenvalue weighted by Crippen LogP contribution is -2.20. The molecule has 0 saturated heterocycles. The van der Waals surface area contributed by atoms with E-state index in [1.807, 2.05) is 36.4 Å². The summed E-state index contributed by atoms with van der Waals surface area (Å²) >= 11 is 0. The van der Waals surface area contributed by atoms with E-state index in [4.69, 9.17) is 0 Å². The predicted octanol–water partition coefficient (Wildman–Crippen LogP) is 2.60. The van der Waals surface area contributed by atoms with E-state index in [2.05, 4.69) is 6.58 Å². The van der Waals surface area contributed by atoms with Gasteiger partial charge in [0.25, 0.3) is 5.56 Å². The topological polar surface area (TPSA) is 22.0 Å². The number of hydrogen-bond acceptors (Lipinski definition) is 1. The van der Waals surface area contributed by atoms with Gasteiger partial charge >= 0.3 is 0 Å². The molecule has 16 heavy (non-hydrogen) atoms. The number of nitrogens with zero attached hydrogens (tertiary/aromatic N) is 1. The molecule has 0 bridgehead atoms. The zero-order chi connectivity index (χ0) is 11.1. The van der Waals surface area contributed by atoms with Gasteiger partial charge in [-0.05, 0) is 11.6 Å². The van der Waals surface area contributed by atoms with Crippen molar-refractivity contribution in [3.8, 4) is 11.3 Å². The van der Waals surface area contributed by atoms with E-state index in [0.29, 0.717) is 0 Å². The van der Waals surface area contributed by atoms with Gasteiger partial charge in [0.15, 0.2) is 0 Å². The smallest absolute Gasteiger partial charge is 0.251 e. The Bertz CT molecular complexity index is 625. The highest BCUT2D eigenvalue weighted by atomic mass is 16.1. The Labute approximate surface area is 93.5 Å². The number of hydrogen-bond donors (Lipinski definition) is 0. The molecule has 1 aliphatic heterocycles. The van der Waals surface area contributed by atoms with E-state index < -0.39 is 0 Å². The van der Waals surface area contributed by atoms with Crippen molar-refractivity contribution in [3.63, 3.8) is 0 Å². The van der Waals surface area contributed by atoms with E-state index in [9.17, 15) is 4.79 Å². The maximum absolute atomic E-state index is 11.9. The molecule has 0 radical (unpaired) electrons. The summed E-state index contributed by atoms with van der Waals surface area (Å²) in [5.41, 5.74) is 3.29. The number of rotatable bonds is 1. The molecule has 1 aromatic heterocycles. The first-order valence-electron chi connectivity index (χ1n) is 5.26. The number of allylic oxidation sites excluding steroid dienone is 1. The van der Waals surface area contributed by atoms with Gasteiger partial charge in [0, 0.05) is 11.6 Å². The second-order valence-corrected chi connectivity index (χ2v) is 3.89. The summed E-state index contributed by atoms with van der Waals surface area (Å²) in [6.07, 6.45) is 1.82. The zero-order valence-electron chi connectivity index (χ0n) is 8.76. The van der Waals surface area contributed by atoms with Gasteiger partial charge in [-0.1, -0.05) is 36.4 Å². The Balaban J connectivity index is 2.43. The Kier molecular flexibility index (Phi) is 1.83. The number of aromatic nitrogens is 1. The fraction of sp³-hybridized carbons (Fsp3) is 0.0714. The minimum absolute atomic E-state index is 0.0265. The quantitative estimate of drug-likeness (QED) is 0.662. The molecule has 2 aromatic rings. The van der Waals surface area contributed by atoms with Crippen molar-refractivity contribution in [3.05, 3.63) is 71.0 Å². The summed E-state index contributed by atoms with van der Waals surface area (Å²) in [7, 11) is 0. The van der Waals surface area contributed by atoms with Crippen LogP contribution in [0.2, 0.25) is 0 Å². The molecule has 2 heterocycles. The van der Waals surface area contributed by atoms with Gasteiger partial charge in [-0.3, -0.25) is 9.36 Å². The molecule has 0 fully saturated rings. The molecule has 78 valence electrons. The molecule has 1 aromatic carbocycles. The first-order valence-corrected chi connectivity index (χ1v) is 5.26. The number of pyridine rings is 1. The van der Waals surface area contributed by atoms with Gasteiger partial charge in [-0.25, -0.2) is 0 Å². The zero-order valence-corrected chi connectivity index (χ0v) is 8.76. The predicted molar refractivity (Wildman–Crippen MR) is 64.5 cm³/mol. The maximum atomic E-state index is 11.9. The second-order valence-electron chi connectivity index (χ2n) is 3.89. The summed E-state index contributed by atoms with van der Waals surface area (Å²) in [5.74, 6) is 0.